The number of hydrogen-bond acceptors (Lipinski definition) is 4. The molecule has 1 aromatic heterocycles. The molecule has 2 rings (SSSR count). The van der Waals surface area contributed by atoms with Crippen LogP contribution >= 0.6 is 0 Å². The second-order valence-electron chi connectivity index (χ2n) is 5.45. The van der Waals surface area contributed by atoms with Gasteiger partial charge in [0.25, 0.3) is 0 Å². The number of aryl methyl sites for hydroxylation is 1. The molecular formula is C16H17F3N4O2. The van der Waals surface area contributed by atoms with Crippen molar-refractivity contribution in [1.29, 1.82) is 0 Å². The molecule has 0 fully saturated rings. The normalized spacial score (nSPS) is 11.1. The van der Waals surface area contributed by atoms with E-state index in [9.17, 15) is 18.0 Å². The van der Waals surface area contributed by atoms with Crippen molar-refractivity contribution in [2.24, 2.45) is 0 Å². The first-order chi connectivity index (χ1) is 11.7. The standard InChI is InChI=1S/C16H17F3N4O2/c1-10-5-4-6-13(16(17,18)19)12(10)9-25-11-7-20-14(21-8-11)22-15(24)23(2)3/h4-8H,9H2,1-3H3,(H,20,21,22,24). The molecule has 0 aliphatic rings. The molecule has 134 valence electrons. The molecule has 1 N–H and O–H groups in total. The largest absolute Gasteiger partial charge is 0.486 e. The van der Waals surface area contributed by atoms with Crippen LogP contribution in [-0.4, -0.2) is 35.0 Å². The molecule has 2 aromatic rings. The van der Waals surface area contributed by atoms with Gasteiger partial charge in [0.1, 0.15) is 6.61 Å². The topological polar surface area (TPSA) is 67.3 Å². The molecule has 1 heterocycles. The highest BCUT2D eigenvalue weighted by atomic mass is 19.4. The maximum absolute atomic E-state index is 13.1. The molecule has 1 aromatic carbocycles. The molecule has 2 amide bonds. The second kappa shape index (κ2) is 7.37. The summed E-state index contributed by atoms with van der Waals surface area (Å²) in [5, 5.41) is 2.44. The number of aromatic nitrogens is 2. The van der Waals surface area contributed by atoms with Crippen molar-refractivity contribution in [1.82, 2.24) is 14.9 Å². The molecule has 0 radical (unpaired) electrons. The number of nitrogens with one attached hydrogen (secondary N) is 1. The number of anilines is 1. The second-order valence-corrected chi connectivity index (χ2v) is 5.45. The van der Waals surface area contributed by atoms with Crippen LogP contribution in [0.3, 0.4) is 0 Å². The number of alkyl halides is 3. The Labute approximate surface area is 142 Å². The van der Waals surface area contributed by atoms with Crippen molar-refractivity contribution in [3.63, 3.8) is 0 Å². The van der Waals surface area contributed by atoms with E-state index in [-0.39, 0.29) is 23.9 Å². The van der Waals surface area contributed by atoms with E-state index < -0.39 is 17.8 Å². The number of rotatable bonds is 4. The minimum absolute atomic E-state index is 0.0555. The van der Waals surface area contributed by atoms with E-state index in [1.807, 2.05) is 0 Å². The quantitative estimate of drug-likeness (QED) is 0.913. The molecule has 25 heavy (non-hydrogen) atoms. The maximum Gasteiger partial charge on any atom is 0.416 e. The number of ether oxygens (including phenoxy) is 1. The molecule has 0 unspecified atom stereocenters. The third kappa shape index (κ3) is 4.82. The highest BCUT2D eigenvalue weighted by molar-refractivity contribution is 5.86. The summed E-state index contributed by atoms with van der Waals surface area (Å²) in [6, 6.07) is 3.56. The van der Waals surface area contributed by atoms with Gasteiger partial charge in [0.15, 0.2) is 5.75 Å². The number of nitrogens with zero attached hydrogens (tertiary/aromatic N) is 3. The number of halogens is 3. The minimum atomic E-state index is -4.46. The van der Waals surface area contributed by atoms with Gasteiger partial charge in [0.2, 0.25) is 5.95 Å². The monoisotopic (exact) mass is 354 g/mol. The molecule has 0 aliphatic carbocycles. The van der Waals surface area contributed by atoms with E-state index in [0.717, 1.165) is 6.07 Å². The minimum Gasteiger partial charge on any atom is -0.486 e. The van der Waals surface area contributed by atoms with Gasteiger partial charge in [-0.1, -0.05) is 12.1 Å². The zero-order chi connectivity index (χ0) is 18.6. The van der Waals surface area contributed by atoms with Crippen LogP contribution in [-0.2, 0) is 12.8 Å². The van der Waals surface area contributed by atoms with Gasteiger partial charge in [-0.25, -0.2) is 14.8 Å². The molecule has 0 saturated carbocycles. The van der Waals surface area contributed by atoms with Crippen LogP contribution in [0.2, 0.25) is 0 Å². The predicted octanol–water partition coefficient (Wildman–Crippen LogP) is 3.48. The molecule has 0 saturated heterocycles. The lowest BCUT2D eigenvalue weighted by Gasteiger charge is -2.16. The number of urea groups is 1. The maximum atomic E-state index is 13.1. The highest BCUT2D eigenvalue weighted by Gasteiger charge is 2.33. The van der Waals surface area contributed by atoms with E-state index in [1.165, 1.54) is 23.4 Å². The van der Waals surface area contributed by atoms with Crippen LogP contribution in [0, 0.1) is 6.92 Å². The molecule has 0 atom stereocenters. The fourth-order valence-corrected chi connectivity index (χ4v) is 1.98. The van der Waals surface area contributed by atoms with Crippen LogP contribution in [0.5, 0.6) is 5.75 Å². The molecule has 6 nitrogen and oxygen atoms in total. The Morgan fingerprint density at radius 1 is 1.24 bits per heavy atom. The first-order valence-corrected chi connectivity index (χ1v) is 7.27. The van der Waals surface area contributed by atoms with Crippen molar-refractivity contribution in [3.05, 3.63) is 47.3 Å². The lowest BCUT2D eigenvalue weighted by atomic mass is 10.0. The summed E-state index contributed by atoms with van der Waals surface area (Å²) in [6.45, 7) is 1.32. The van der Waals surface area contributed by atoms with Crippen molar-refractivity contribution in [2.75, 3.05) is 19.4 Å². The summed E-state index contributed by atoms with van der Waals surface area (Å²) in [5.74, 6) is 0.261. The van der Waals surface area contributed by atoms with E-state index in [4.69, 9.17) is 4.74 Å². The number of amides is 2. The number of carbonyl (C=O) groups is 1. The Balaban J connectivity index is 2.09. The summed E-state index contributed by atoms with van der Waals surface area (Å²) in [7, 11) is 3.13. The summed E-state index contributed by atoms with van der Waals surface area (Å²) < 4.78 is 44.6. The molecule has 0 bridgehead atoms. The fourth-order valence-electron chi connectivity index (χ4n) is 1.98. The average Bonchev–Trinajstić information content (AvgIpc) is 2.54. The van der Waals surface area contributed by atoms with Crippen molar-refractivity contribution in [3.8, 4) is 5.75 Å². The Kier molecular flexibility index (Phi) is 5.45. The van der Waals surface area contributed by atoms with E-state index in [1.54, 1.807) is 27.1 Å². The van der Waals surface area contributed by atoms with Crippen molar-refractivity contribution >= 4 is 12.0 Å². The third-order valence-electron chi connectivity index (χ3n) is 3.35. The Morgan fingerprint density at radius 2 is 1.88 bits per heavy atom. The van der Waals surface area contributed by atoms with E-state index >= 15 is 0 Å². The number of benzene rings is 1. The summed E-state index contributed by atoms with van der Waals surface area (Å²) in [5.41, 5.74) is -0.200. The summed E-state index contributed by atoms with van der Waals surface area (Å²) in [6.07, 6.45) is -1.89. The van der Waals surface area contributed by atoms with Gasteiger partial charge < -0.3 is 9.64 Å². The third-order valence-corrected chi connectivity index (χ3v) is 3.35. The van der Waals surface area contributed by atoms with Gasteiger partial charge in [0, 0.05) is 19.7 Å². The van der Waals surface area contributed by atoms with Crippen molar-refractivity contribution < 1.29 is 22.7 Å². The zero-order valence-corrected chi connectivity index (χ0v) is 13.9. The fraction of sp³-hybridized carbons (Fsp3) is 0.312. The Hall–Kier alpha value is -2.84. The molecular weight excluding hydrogens is 337 g/mol. The van der Waals surface area contributed by atoms with Gasteiger partial charge in [-0.05, 0) is 18.6 Å². The van der Waals surface area contributed by atoms with Crippen LogP contribution < -0.4 is 10.1 Å². The molecule has 0 spiro atoms. The van der Waals surface area contributed by atoms with E-state index in [2.05, 4.69) is 15.3 Å². The van der Waals surface area contributed by atoms with Gasteiger partial charge in [-0.3, -0.25) is 5.32 Å². The predicted molar refractivity (Wildman–Crippen MR) is 85.3 cm³/mol. The van der Waals surface area contributed by atoms with Crippen LogP contribution in [0.4, 0.5) is 23.9 Å². The van der Waals surface area contributed by atoms with E-state index in [0.29, 0.717) is 5.56 Å². The zero-order valence-electron chi connectivity index (χ0n) is 13.9. The molecule has 9 heteroatoms. The van der Waals surface area contributed by atoms with Gasteiger partial charge in [0.05, 0.1) is 18.0 Å². The first kappa shape index (κ1) is 18.5. The SMILES string of the molecule is Cc1cccc(C(F)(F)F)c1COc1cnc(NC(=O)N(C)C)nc1. The lowest BCUT2D eigenvalue weighted by molar-refractivity contribution is -0.138. The summed E-state index contributed by atoms with van der Waals surface area (Å²) >= 11 is 0. The average molecular weight is 354 g/mol. The van der Waals surface area contributed by atoms with Gasteiger partial charge in [-0.2, -0.15) is 13.2 Å². The highest BCUT2D eigenvalue weighted by Crippen LogP contribution is 2.33. The Morgan fingerprint density at radius 3 is 2.44 bits per heavy atom. The Bertz CT molecular complexity index is 746. The van der Waals surface area contributed by atoms with Gasteiger partial charge >= 0.3 is 12.2 Å². The summed E-state index contributed by atoms with van der Waals surface area (Å²) in [4.78, 5) is 20.6. The van der Waals surface area contributed by atoms with Crippen LogP contribution in [0.25, 0.3) is 0 Å². The molecule has 0 aliphatic heterocycles. The number of hydrogen-bond donors (Lipinski definition) is 1. The number of carbonyl (C=O) groups excluding carboxylic acids is 1. The smallest absolute Gasteiger partial charge is 0.416 e. The first-order valence-electron chi connectivity index (χ1n) is 7.27. The van der Waals surface area contributed by atoms with Crippen LogP contribution in [0.1, 0.15) is 16.7 Å². The van der Waals surface area contributed by atoms with Crippen molar-refractivity contribution in [2.45, 2.75) is 19.7 Å². The van der Waals surface area contributed by atoms with Gasteiger partial charge in [-0.15, -0.1) is 0 Å². The lowest BCUT2D eigenvalue weighted by Crippen LogP contribution is -2.28. The van der Waals surface area contributed by atoms with Crippen LogP contribution in [0.15, 0.2) is 30.6 Å².